The SMILES string of the molecule is O=c1n(-c2ccc(-c3cccc4c3oc3ccccc34)cc2)c2ccccc2c2nc3ccccc3n12. The Hall–Kier alpha value is -5.16. The van der Waals surface area contributed by atoms with Gasteiger partial charge >= 0.3 is 5.69 Å². The van der Waals surface area contributed by atoms with Crippen molar-refractivity contribution in [2.24, 2.45) is 0 Å². The third kappa shape index (κ3) is 2.79. The molecule has 8 rings (SSSR count). The van der Waals surface area contributed by atoms with Crippen LogP contribution in [0.15, 0.2) is 124 Å². The van der Waals surface area contributed by atoms with Crippen LogP contribution in [-0.2, 0) is 0 Å². The summed E-state index contributed by atoms with van der Waals surface area (Å²) in [6.45, 7) is 0. The zero-order chi connectivity index (χ0) is 24.5. The van der Waals surface area contributed by atoms with Crippen molar-refractivity contribution in [2.45, 2.75) is 0 Å². The van der Waals surface area contributed by atoms with E-state index in [0.717, 1.165) is 60.7 Å². The molecule has 5 heteroatoms. The number of fused-ring (bicyclic) bond motifs is 8. The third-order valence-electron chi connectivity index (χ3n) is 7.17. The Balaban J connectivity index is 1.36. The first kappa shape index (κ1) is 20.1. The quantitative estimate of drug-likeness (QED) is 0.261. The normalized spacial score (nSPS) is 11.9. The Labute approximate surface area is 210 Å². The Kier molecular flexibility index (Phi) is 4.03. The minimum atomic E-state index is -0.144. The van der Waals surface area contributed by atoms with E-state index in [0.29, 0.717) is 5.65 Å². The summed E-state index contributed by atoms with van der Waals surface area (Å²) in [5, 5.41) is 3.13. The first-order chi connectivity index (χ1) is 18.3. The van der Waals surface area contributed by atoms with E-state index in [-0.39, 0.29) is 5.69 Å². The highest BCUT2D eigenvalue weighted by atomic mass is 16.3. The Bertz CT molecular complexity index is 2220. The summed E-state index contributed by atoms with van der Waals surface area (Å²) in [5.41, 5.74) is 7.54. The van der Waals surface area contributed by atoms with Gasteiger partial charge in [0.05, 0.1) is 22.2 Å². The molecule has 8 aromatic rings. The third-order valence-corrected chi connectivity index (χ3v) is 7.17. The van der Waals surface area contributed by atoms with E-state index >= 15 is 0 Å². The molecule has 0 aliphatic rings. The van der Waals surface area contributed by atoms with Crippen LogP contribution >= 0.6 is 0 Å². The maximum Gasteiger partial charge on any atom is 0.339 e. The van der Waals surface area contributed by atoms with Crippen LogP contribution in [0.1, 0.15) is 0 Å². The van der Waals surface area contributed by atoms with E-state index in [4.69, 9.17) is 9.40 Å². The summed E-state index contributed by atoms with van der Waals surface area (Å²) >= 11 is 0. The van der Waals surface area contributed by atoms with Gasteiger partial charge in [0.15, 0.2) is 5.65 Å². The molecular weight excluding hydrogens is 458 g/mol. The lowest BCUT2D eigenvalue weighted by Crippen LogP contribution is -2.25. The first-order valence-corrected chi connectivity index (χ1v) is 12.2. The van der Waals surface area contributed by atoms with Crippen LogP contribution in [0.2, 0.25) is 0 Å². The fraction of sp³-hybridized carbons (Fsp3) is 0. The molecule has 3 heterocycles. The topological polar surface area (TPSA) is 52.4 Å². The fourth-order valence-electron chi connectivity index (χ4n) is 5.48. The number of furan rings is 1. The zero-order valence-electron chi connectivity index (χ0n) is 19.6. The molecule has 0 saturated heterocycles. The molecule has 0 radical (unpaired) electrons. The fourth-order valence-corrected chi connectivity index (χ4v) is 5.48. The van der Waals surface area contributed by atoms with Crippen LogP contribution in [0.5, 0.6) is 0 Å². The number of hydrogen-bond acceptors (Lipinski definition) is 3. The van der Waals surface area contributed by atoms with Crippen LogP contribution in [0.4, 0.5) is 0 Å². The molecule has 0 saturated carbocycles. The molecule has 0 fully saturated rings. The molecule has 0 N–H and O–H groups in total. The number of aromatic nitrogens is 3. The van der Waals surface area contributed by atoms with Gasteiger partial charge in [-0.15, -0.1) is 0 Å². The van der Waals surface area contributed by atoms with Crippen molar-refractivity contribution in [2.75, 3.05) is 0 Å². The van der Waals surface area contributed by atoms with Crippen molar-refractivity contribution in [1.29, 1.82) is 0 Å². The highest BCUT2D eigenvalue weighted by Crippen LogP contribution is 2.36. The van der Waals surface area contributed by atoms with Gasteiger partial charge in [-0.2, -0.15) is 0 Å². The molecule has 0 aliphatic heterocycles. The van der Waals surface area contributed by atoms with Crippen LogP contribution in [0.3, 0.4) is 0 Å². The van der Waals surface area contributed by atoms with E-state index in [1.165, 1.54) is 0 Å². The lowest BCUT2D eigenvalue weighted by atomic mass is 10.0. The Morgan fingerprint density at radius 3 is 2.19 bits per heavy atom. The molecule has 0 aliphatic carbocycles. The van der Waals surface area contributed by atoms with Gasteiger partial charge in [-0.1, -0.05) is 72.8 Å². The molecule has 3 aromatic heterocycles. The molecular formula is C32H19N3O2. The summed E-state index contributed by atoms with van der Waals surface area (Å²) in [5.74, 6) is 0. The Morgan fingerprint density at radius 2 is 1.32 bits per heavy atom. The van der Waals surface area contributed by atoms with Gasteiger partial charge in [-0.05, 0) is 48.0 Å². The van der Waals surface area contributed by atoms with E-state index in [1.54, 1.807) is 8.97 Å². The second-order valence-electron chi connectivity index (χ2n) is 9.22. The lowest BCUT2D eigenvalue weighted by Gasteiger charge is -2.13. The maximum atomic E-state index is 13.9. The number of hydrogen-bond donors (Lipinski definition) is 0. The molecule has 5 aromatic carbocycles. The highest BCUT2D eigenvalue weighted by molar-refractivity contribution is 6.09. The van der Waals surface area contributed by atoms with Gasteiger partial charge in [0, 0.05) is 21.7 Å². The van der Waals surface area contributed by atoms with Crippen molar-refractivity contribution >= 4 is 49.5 Å². The van der Waals surface area contributed by atoms with E-state index in [2.05, 4.69) is 36.4 Å². The molecule has 0 unspecified atom stereocenters. The van der Waals surface area contributed by atoms with Gasteiger partial charge in [0.25, 0.3) is 0 Å². The highest BCUT2D eigenvalue weighted by Gasteiger charge is 2.17. The molecule has 37 heavy (non-hydrogen) atoms. The summed E-state index contributed by atoms with van der Waals surface area (Å²) in [7, 11) is 0. The molecule has 0 spiro atoms. The van der Waals surface area contributed by atoms with Crippen LogP contribution in [0.25, 0.3) is 66.3 Å². The molecule has 0 bridgehead atoms. The average molecular weight is 478 g/mol. The van der Waals surface area contributed by atoms with Crippen molar-refractivity contribution in [3.8, 4) is 16.8 Å². The lowest BCUT2D eigenvalue weighted by molar-refractivity contribution is 0.670. The average Bonchev–Trinajstić information content (AvgIpc) is 3.53. The van der Waals surface area contributed by atoms with Gasteiger partial charge in [0.1, 0.15) is 11.2 Å². The largest absolute Gasteiger partial charge is 0.455 e. The number of nitrogens with zero attached hydrogens (tertiary/aromatic N) is 3. The second kappa shape index (κ2) is 7.42. The predicted molar refractivity (Wildman–Crippen MR) is 149 cm³/mol. The van der Waals surface area contributed by atoms with Crippen molar-refractivity contribution < 1.29 is 4.42 Å². The smallest absolute Gasteiger partial charge is 0.339 e. The predicted octanol–water partition coefficient (Wildman–Crippen LogP) is 7.36. The number of benzene rings is 5. The number of para-hydroxylation sites is 5. The van der Waals surface area contributed by atoms with E-state index in [1.807, 2.05) is 78.9 Å². The van der Waals surface area contributed by atoms with Crippen molar-refractivity contribution in [3.63, 3.8) is 0 Å². The van der Waals surface area contributed by atoms with Crippen molar-refractivity contribution in [1.82, 2.24) is 14.0 Å². The van der Waals surface area contributed by atoms with Gasteiger partial charge in [0.2, 0.25) is 0 Å². The maximum absolute atomic E-state index is 13.9. The molecule has 0 atom stereocenters. The zero-order valence-corrected chi connectivity index (χ0v) is 19.6. The first-order valence-electron chi connectivity index (χ1n) is 12.2. The summed E-state index contributed by atoms with van der Waals surface area (Å²) < 4.78 is 9.72. The minimum Gasteiger partial charge on any atom is -0.455 e. The summed E-state index contributed by atoms with van der Waals surface area (Å²) in [4.78, 5) is 18.7. The number of rotatable bonds is 2. The van der Waals surface area contributed by atoms with Gasteiger partial charge < -0.3 is 4.42 Å². The van der Waals surface area contributed by atoms with E-state index < -0.39 is 0 Å². The van der Waals surface area contributed by atoms with Gasteiger partial charge in [-0.3, -0.25) is 4.57 Å². The monoisotopic (exact) mass is 477 g/mol. The molecule has 174 valence electrons. The van der Waals surface area contributed by atoms with Crippen LogP contribution in [-0.4, -0.2) is 14.0 Å². The molecule has 5 nitrogen and oxygen atoms in total. The Morgan fingerprint density at radius 1 is 0.622 bits per heavy atom. The van der Waals surface area contributed by atoms with Gasteiger partial charge in [-0.25, -0.2) is 14.2 Å². The standard InChI is InChI=1S/C32H19N3O2/c36-32-34(27-13-4-1-9-25(27)31-33-26-12-3-5-14-28(26)35(31)32)21-18-16-20(17-19-21)22-10-7-11-24-23-8-2-6-15-29(23)37-30(22)24/h1-19H. The second-order valence-corrected chi connectivity index (χ2v) is 9.22. The van der Waals surface area contributed by atoms with Crippen LogP contribution < -0.4 is 5.69 Å². The summed E-state index contributed by atoms with van der Waals surface area (Å²) in [6.07, 6.45) is 0. The number of imidazole rings is 1. The van der Waals surface area contributed by atoms with E-state index in [9.17, 15) is 4.79 Å². The van der Waals surface area contributed by atoms with Crippen molar-refractivity contribution in [3.05, 3.63) is 126 Å². The summed E-state index contributed by atoms with van der Waals surface area (Å²) in [6, 6.07) is 38.1. The van der Waals surface area contributed by atoms with Crippen LogP contribution in [0, 0.1) is 0 Å². The molecule has 0 amide bonds. The minimum absolute atomic E-state index is 0.144.